The van der Waals surface area contributed by atoms with Gasteiger partial charge in [0.05, 0.1) is 23.7 Å². The van der Waals surface area contributed by atoms with Gasteiger partial charge in [-0.1, -0.05) is 0 Å². The molecule has 0 aliphatic carbocycles. The van der Waals surface area contributed by atoms with Crippen LogP contribution in [-0.2, 0) is 16.8 Å². The van der Waals surface area contributed by atoms with Crippen molar-refractivity contribution in [3.05, 3.63) is 18.2 Å². The first kappa shape index (κ1) is 11.2. The van der Waals surface area contributed by atoms with Gasteiger partial charge in [-0.25, -0.2) is 4.98 Å². The number of hydrogen-bond acceptors (Lipinski definition) is 3. The largest absolute Gasteiger partial charge is 0.380 e. The van der Waals surface area contributed by atoms with E-state index < -0.39 is 0 Å². The Labute approximate surface area is 85.1 Å². The number of aromatic nitrogens is 2. The van der Waals surface area contributed by atoms with E-state index in [4.69, 9.17) is 10.5 Å². The van der Waals surface area contributed by atoms with Crippen LogP contribution in [0.3, 0.4) is 0 Å². The van der Waals surface area contributed by atoms with E-state index in [0.29, 0.717) is 0 Å². The van der Waals surface area contributed by atoms with Gasteiger partial charge in [0, 0.05) is 19.9 Å². The van der Waals surface area contributed by atoms with Crippen molar-refractivity contribution >= 4 is 0 Å². The van der Waals surface area contributed by atoms with Gasteiger partial charge in [-0.2, -0.15) is 0 Å². The molecule has 1 aromatic heterocycles. The zero-order valence-electron chi connectivity index (χ0n) is 9.32. The van der Waals surface area contributed by atoms with E-state index in [0.717, 1.165) is 12.2 Å². The van der Waals surface area contributed by atoms with Gasteiger partial charge in [0.1, 0.15) is 0 Å². The molecule has 4 heteroatoms. The first-order chi connectivity index (χ1) is 6.45. The number of nitrogens with two attached hydrogens (primary N) is 1. The maximum Gasteiger partial charge on any atom is 0.0949 e. The maximum absolute atomic E-state index is 6.02. The van der Waals surface area contributed by atoms with Gasteiger partial charge in [-0.15, -0.1) is 0 Å². The topological polar surface area (TPSA) is 53.1 Å². The lowest BCUT2D eigenvalue weighted by atomic mass is 10.0. The molecule has 80 valence electrons. The molecule has 0 saturated heterocycles. The Morgan fingerprint density at radius 1 is 1.64 bits per heavy atom. The van der Waals surface area contributed by atoms with Crippen LogP contribution < -0.4 is 5.73 Å². The van der Waals surface area contributed by atoms with Crippen molar-refractivity contribution < 1.29 is 4.74 Å². The molecule has 0 amide bonds. The predicted octanol–water partition coefficient (Wildman–Crippen LogP) is 1.11. The summed E-state index contributed by atoms with van der Waals surface area (Å²) in [6.45, 7) is 6.75. The molecule has 0 aliphatic rings. The molecule has 1 heterocycles. The zero-order valence-corrected chi connectivity index (χ0v) is 9.32. The van der Waals surface area contributed by atoms with Gasteiger partial charge in [0.15, 0.2) is 0 Å². The van der Waals surface area contributed by atoms with Crippen molar-refractivity contribution in [3.8, 4) is 0 Å². The third-order valence-corrected chi connectivity index (χ3v) is 2.23. The summed E-state index contributed by atoms with van der Waals surface area (Å²) >= 11 is 0. The Hall–Kier alpha value is -0.870. The Balaban J connectivity index is 2.83. The lowest BCUT2D eigenvalue weighted by Gasteiger charge is -2.22. The van der Waals surface area contributed by atoms with Crippen LogP contribution in [-0.4, -0.2) is 22.8 Å². The van der Waals surface area contributed by atoms with E-state index >= 15 is 0 Å². The van der Waals surface area contributed by atoms with E-state index in [1.807, 2.05) is 31.5 Å². The van der Waals surface area contributed by atoms with Gasteiger partial charge >= 0.3 is 0 Å². The van der Waals surface area contributed by atoms with Crippen LogP contribution in [0.15, 0.2) is 12.5 Å². The normalized spacial score (nSPS) is 14.4. The van der Waals surface area contributed by atoms with Gasteiger partial charge < -0.3 is 15.0 Å². The van der Waals surface area contributed by atoms with Crippen molar-refractivity contribution in [2.75, 3.05) is 7.11 Å². The van der Waals surface area contributed by atoms with Crippen LogP contribution >= 0.6 is 0 Å². The molecule has 14 heavy (non-hydrogen) atoms. The van der Waals surface area contributed by atoms with Crippen molar-refractivity contribution in [2.24, 2.45) is 5.73 Å². The van der Waals surface area contributed by atoms with Crippen molar-refractivity contribution in [1.29, 1.82) is 0 Å². The molecule has 0 aliphatic heterocycles. The highest BCUT2D eigenvalue weighted by Crippen LogP contribution is 2.16. The number of hydrogen-bond donors (Lipinski definition) is 1. The summed E-state index contributed by atoms with van der Waals surface area (Å²) in [7, 11) is 1.70. The lowest BCUT2D eigenvalue weighted by molar-refractivity contribution is 0.102. The molecule has 1 atom stereocenters. The van der Waals surface area contributed by atoms with E-state index in [-0.39, 0.29) is 11.6 Å². The van der Waals surface area contributed by atoms with Crippen LogP contribution in [0.5, 0.6) is 0 Å². The van der Waals surface area contributed by atoms with Crippen LogP contribution in [0.4, 0.5) is 0 Å². The van der Waals surface area contributed by atoms with Crippen LogP contribution in [0.1, 0.15) is 26.5 Å². The maximum atomic E-state index is 6.02. The summed E-state index contributed by atoms with van der Waals surface area (Å²) in [5.74, 6) is 0. The van der Waals surface area contributed by atoms with Gasteiger partial charge in [-0.05, 0) is 20.8 Å². The van der Waals surface area contributed by atoms with Crippen molar-refractivity contribution in [2.45, 2.75) is 39.0 Å². The lowest BCUT2D eigenvalue weighted by Crippen LogP contribution is -2.32. The summed E-state index contributed by atoms with van der Waals surface area (Å²) < 4.78 is 7.24. The van der Waals surface area contributed by atoms with E-state index in [9.17, 15) is 0 Å². The average molecular weight is 197 g/mol. The first-order valence-electron chi connectivity index (χ1n) is 4.77. The average Bonchev–Trinajstić information content (AvgIpc) is 2.51. The summed E-state index contributed by atoms with van der Waals surface area (Å²) in [5, 5.41) is 0. The van der Waals surface area contributed by atoms with Crippen molar-refractivity contribution in [3.63, 3.8) is 0 Å². The minimum atomic E-state index is -0.357. The molecule has 0 radical (unpaired) electrons. The molecule has 0 aromatic carbocycles. The standard InChI is InChI=1S/C10H19N3O/c1-8(14-4)6-13-7-12-5-9(13)10(2,3)11/h5,7-8H,6,11H2,1-4H3. The minimum Gasteiger partial charge on any atom is -0.380 e. The molecular formula is C10H19N3O. The predicted molar refractivity (Wildman–Crippen MR) is 55.9 cm³/mol. The number of methoxy groups -OCH3 is 1. The van der Waals surface area contributed by atoms with Crippen LogP contribution in [0.25, 0.3) is 0 Å². The van der Waals surface area contributed by atoms with E-state index in [2.05, 4.69) is 4.98 Å². The second kappa shape index (κ2) is 4.11. The number of ether oxygens (including phenoxy) is 1. The Morgan fingerprint density at radius 3 is 2.79 bits per heavy atom. The SMILES string of the molecule is COC(C)Cn1cncc1C(C)(C)N. The summed E-state index contributed by atoms with van der Waals surface area (Å²) in [4.78, 5) is 4.10. The third-order valence-electron chi connectivity index (χ3n) is 2.23. The number of nitrogens with zero attached hydrogens (tertiary/aromatic N) is 2. The fraction of sp³-hybridized carbons (Fsp3) is 0.700. The fourth-order valence-electron chi connectivity index (χ4n) is 1.35. The summed E-state index contributed by atoms with van der Waals surface area (Å²) in [6, 6.07) is 0. The Kier molecular flexibility index (Phi) is 3.29. The quantitative estimate of drug-likeness (QED) is 0.786. The van der Waals surface area contributed by atoms with Crippen LogP contribution in [0, 0.1) is 0 Å². The second-order valence-corrected chi connectivity index (χ2v) is 4.20. The molecule has 1 unspecified atom stereocenters. The fourth-order valence-corrected chi connectivity index (χ4v) is 1.35. The number of imidazole rings is 1. The highest BCUT2D eigenvalue weighted by Gasteiger charge is 2.19. The van der Waals surface area contributed by atoms with Crippen LogP contribution in [0.2, 0.25) is 0 Å². The molecular weight excluding hydrogens is 178 g/mol. The van der Waals surface area contributed by atoms with E-state index in [1.165, 1.54) is 0 Å². The molecule has 0 saturated carbocycles. The van der Waals surface area contributed by atoms with E-state index in [1.54, 1.807) is 13.4 Å². The Morgan fingerprint density at radius 2 is 2.29 bits per heavy atom. The van der Waals surface area contributed by atoms with Gasteiger partial charge in [-0.3, -0.25) is 0 Å². The minimum absolute atomic E-state index is 0.172. The highest BCUT2D eigenvalue weighted by molar-refractivity contribution is 5.09. The number of rotatable bonds is 4. The van der Waals surface area contributed by atoms with Crippen molar-refractivity contribution in [1.82, 2.24) is 9.55 Å². The third kappa shape index (κ3) is 2.56. The van der Waals surface area contributed by atoms with Gasteiger partial charge in [0.2, 0.25) is 0 Å². The summed E-state index contributed by atoms with van der Waals surface area (Å²) in [6.07, 6.45) is 3.77. The summed E-state index contributed by atoms with van der Waals surface area (Å²) in [5.41, 5.74) is 6.69. The second-order valence-electron chi connectivity index (χ2n) is 4.20. The Bertz CT molecular complexity index is 288. The van der Waals surface area contributed by atoms with Gasteiger partial charge in [0.25, 0.3) is 0 Å². The molecule has 0 bridgehead atoms. The molecule has 4 nitrogen and oxygen atoms in total. The highest BCUT2D eigenvalue weighted by atomic mass is 16.5. The molecule has 1 rings (SSSR count). The molecule has 0 spiro atoms. The molecule has 2 N–H and O–H groups in total. The smallest absolute Gasteiger partial charge is 0.0949 e. The monoisotopic (exact) mass is 197 g/mol. The molecule has 1 aromatic rings. The zero-order chi connectivity index (χ0) is 10.8. The first-order valence-corrected chi connectivity index (χ1v) is 4.77. The molecule has 0 fully saturated rings.